The lowest BCUT2D eigenvalue weighted by atomic mass is 10.1. The third-order valence-electron chi connectivity index (χ3n) is 4.09. The highest BCUT2D eigenvalue weighted by molar-refractivity contribution is 7.80. The van der Waals surface area contributed by atoms with Gasteiger partial charge >= 0.3 is 0 Å². The lowest BCUT2D eigenvalue weighted by Crippen LogP contribution is -2.35. The number of anilines is 1. The molecule has 0 atom stereocenters. The molecular formula is C21H25N3O2S. The fourth-order valence-corrected chi connectivity index (χ4v) is 2.73. The van der Waals surface area contributed by atoms with Crippen molar-refractivity contribution in [3.63, 3.8) is 0 Å². The highest BCUT2D eigenvalue weighted by atomic mass is 32.1. The van der Waals surface area contributed by atoms with Crippen molar-refractivity contribution in [2.75, 3.05) is 11.9 Å². The Hall–Kier alpha value is -2.73. The predicted molar refractivity (Wildman–Crippen MR) is 113 cm³/mol. The Balaban J connectivity index is 1.84. The van der Waals surface area contributed by atoms with Gasteiger partial charge in [0.1, 0.15) is 0 Å². The standard InChI is InChI=1S/C21H25N3O2S/c1-3-4-13-22-20(26)16-9-11-18(12-10-16)23-21(27)24-19(25)14-17-8-6-5-7-15(17)2/h5-12H,3-4,13-14H2,1-2H3,(H,22,26)(H2,23,24,25,27). The summed E-state index contributed by atoms with van der Waals surface area (Å²) in [4.78, 5) is 24.1. The molecule has 0 unspecified atom stereocenters. The van der Waals surface area contributed by atoms with Crippen LogP contribution < -0.4 is 16.0 Å². The van der Waals surface area contributed by atoms with Crippen LogP contribution in [0.4, 0.5) is 5.69 Å². The molecule has 0 bridgehead atoms. The number of nitrogens with one attached hydrogen (secondary N) is 3. The van der Waals surface area contributed by atoms with E-state index in [0.29, 0.717) is 17.8 Å². The van der Waals surface area contributed by atoms with Gasteiger partial charge in [-0.3, -0.25) is 9.59 Å². The summed E-state index contributed by atoms with van der Waals surface area (Å²) in [7, 11) is 0. The molecule has 5 nitrogen and oxygen atoms in total. The Kier molecular flexibility index (Phi) is 7.95. The normalized spacial score (nSPS) is 10.1. The first kappa shape index (κ1) is 20.6. The van der Waals surface area contributed by atoms with Gasteiger partial charge in [0.2, 0.25) is 5.91 Å². The smallest absolute Gasteiger partial charge is 0.251 e. The Morgan fingerprint density at radius 1 is 1.04 bits per heavy atom. The largest absolute Gasteiger partial charge is 0.352 e. The zero-order valence-electron chi connectivity index (χ0n) is 15.7. The maximum absolute atomic E-state index is 12.1. The molecular weight excluding hydrogens is 358 g/mol. The topological polar surface area (TPSA) is 70.2 Å². The third kappa shape index (κ3) is 6.83. The molecule has 2 rings (SSSR count). The van der Waals surface area contributed by atoms with Gasteiger partial charge in [0.05, 0.1) is 6.42 Å². The van der Waals surface area contributed by atoms with E-state index in [0.717, 1.165) is 24.0 Å². The minimum absolute atomic E-state index is 0.0934. The van der Waals surface area contributed by atoms with E-state index in [9.17, 15) is 9.59 Å². The molecule has 0 heterocycles. The Labute approximate surface area is 165 Å². The van der Waals surface area contributed by atoms with E-state index in [1.165, 1.54) is 0 Å². The summed E-state index contributed by atoms with van der Waals surface area (Å²) in [5, 5.41) is 8.74. The summed E-state index contributed by atoms with van der Waals surface area (Å²) in [6.07, 6.45) is 2.27. The molecule has 3 N–H and O–H groups in total. The molecule has 0 saturated heterocycles. The van der Waals surface area contributed by atoms with Crippen molar-refractivity contribution < 1.29 is 9.59 Å². The lowest BCUT2D eigenvalue weighted by molar-refractivity contribution is -0.119. The minimum atomic E-state index is -0.172. The number of unbranched alkanes of at least 4 members (excludes halogenated alkanes) is 1. The fraction of sp³-hybridized carbons (Fsp3) is 0.286. The first-order valence-electron chi connectivity index (χ1n) is 9.03. The van der Waals surface area contributed by atoms with Crippen molar-refractivity contribution in [3.8, 4) is 0 Å². The van der Waals surface area contributed by atoms with E-state index in [4.69, 9.17) is 12.2 Å². The first-order valence-corrected chi connectivity index (χ1v) is 9.44. The maximum atomic E-state index is 12.1. The molecule has 0 aliphatic rings. The summed E-state index contributed by atoms with van der Waals surface area (Å²) >= 11 is 5.19. The van der Waals surface area contributed by atoms with Crippen LogP contribution >= 0.6 is 12.2 Å². The third-order valence-corrected chi connectivity index (χ3v) is 4.29. The van der Waals surface area contributed by atoms with Gasteiger partial charge in [0, 0.05) is 17.8 Å². The summed E-state index contributed by atoms with van der Waals surface area (Å²) in [6.45, 7) is 4.72. The van der Waals surface area contributed by atoms with E-state index in [1.807, 2.05) is 31.2 Å². The molecule has 2 aromatic rings. The van der Waals surface area contributed by atoms with E-state index < -0.39 is 0 Å². The second kappa shape index (κ2) is 10.4. The van der Waals surface area contributed by atoms with Crippen molar-refractivity contribution in [1.29, 1.82) is 0 Å². The average molecular weight is 384 g/mol. The van der Waals surface area contributed by atoms with Gasteiger partial charge in [-0.1, -0.05) is 37.6 Å². The van der Waals surface area contributed by atoms with Crippen LogP contribution in [0.25, 0.3) is 0 Å². The quantitative estimate of drug-likeness (QED) is 0.505. The summed E-state index contributed by atoms with van der Waals surface area (Å²) in [5.41, 5.74) is 3.34. The highest BCUT2D eigenvalue weighted by Gasteiger charge is 2.09. The SMILES string of the molecule is CCCCNC(=O)c1ccc(NC(=S)NC(=O)Cc2ccccc2C)cc1. The Morgan fingerprint density at radius 3 is 2.41 bits per heavy atom. The first-order chi connectivity index (χ1) is 13.0. The number of amides is 2. The molecule has 142 valence electrons. The second-order valence-corrected chi connectivity index (χ2v) is 6.70. The number of thiocarbonyl (C=S) groups is 1. The number of carbonyl (C=O) groups is 2. The number of carbonyl (C=O) groups excluding carboxylic acids is 2. The van der Waals surface area contributed by atoms with Gasteiger partial charge in [0.15, 0.2) is 5.11 Å². The number of aryl methyl sites for hydroxylation is 1. The van der Waals surface area contributed by atoms with Crippen LogP contribution in [0.15, 0.2) is 48.5 Å². The van der Waals surface area contributed by atoms with E-state index in [2.05, 4.69) is 22.9 Å². The maximum Gasteiger partial charge on any atom is 0.251 e. The average Bonchev–Trinajstić information content (AvgIpc) is 2.64. The van der Waals surface area contributed by atoms with Crippen molar-refractivity contribution in [1.82, 2.24) is 10.6 Å². The molecule has 0 aromatic heterocycles. The molecule has 0 radical (unpaired) electrons. The Bertz CT molecular complexity index is 803. The molecule has 0 fully saturated rings. The number of hydrogen-bond donors (Lipinski definition) is 3. The van der Waals surface area contributed by atoms with Crippen molar-refractivity contribution in [2.45, 2.75) is 33.1 Å². The molecule has 0 aliphatic carbocycles. The molecule has 27 heavy (non-hydrogen) atoms. The second-order valence-electron chi connectivity index (χ2n) is 6.29. The van der Waals surface area contributed by atoms with Crippen LogP contribution in [-0.4, -0.2) is 23.5 Å². The minimum Gasteiger partial charge on any atom is -0.352 e. The van der Waals surface area contributed by atoms with Gasteiger partial charge in [-0.25, -0.2) is 0 Å². The number of benzene rings is 2. The van der Waals surface area contributed by atoms with Crippen LogP contribution in [0.2, 0.25) is 0 Å². The zero-order chi connectivity index (χ0) is 19.6. The van der Waals surface area contributed by atoms with Crippen LogP contribution in [0, 0.1) is 6.92 Å². The fourth-order valence-electron chi connectivity index (χ4n) is 2.50. The van der Waals surface area contributed by atoms with E-state index in [-0.39, 0.29) is 23.3 Å². The number of rotatable bonds is 7. The lowest BCUT2D eigenvalue weighted by Gasteiger charge is -2.11. The zero-order valence-corrected chi connectivity index (χ0v) is 16.5. The van der Waals surface area contributed by atoms with Crippen LogP contribution in [-0.2, 0) is 11.2 Å². The highest BCUT2D eigenvalue weighted by Crippen LogP contribution is 2.10. The molecule has 2 amide bonds. The number of hydrogen-bond acceptors (Lipinski definition) is 3. The van der Waals surface area contributed by atoms with Crippen LogP contribution in [0.1, 0.15) is 41.3 Å². The Morgan fingerprint density at radius 2 is 1.74 bits per heavy atom. The van der Waals surface area contributed by atoms with E-state index >= 15 is 0 Å². The van der Waals surface area contributed by atoms with Crippen molar-refractivity contribution in [3.05, 3.63) is 65.2 Å². The van der Waals surface area contributed by atoms with Gasteiger partial charge in [0.25, 0.3) is 5.91 Å². The van der Waals surface area contributed by atoms with Crippen LogP contribution in [0.5, 0.6) is 0 Å². The molecule has 0 spiro atoms. The van der Waals surface area contributed by atoms with Crippen LogP contribution in [0.3, 0.4) is 0 Å². The molecule has 2 aromatic carbocycles. The summed E-state index contributed by atoms with van der Waals surface area (Å²) < 4.78 is 0. The van der Waals surface area contributed by atoms with Crippen molar-refractivity contribution >= 4 is 34.8 Å². The van der Waals surface area contributed by atoms with Gasteiger partial charge in [-0.2, -0.15) is 0 Å². The molecule has 0 saturated carbocycles. The monoisotopic (exact) mass is 383 g/mol. The van der Waals surface area contributed by atoms with Gasteiger partial charge in [-0.15, -0.1) is 0 Å². The van der Waals surface area contributed by atoms with Gasteiger partial charge < -0.3 is 16.0 Å². The predicted octanol–water partition coefficient (Wildman–Crippen LogP) is 3.58. The van der Waals surface area contributed by atoms with Gasteiger partial charge in [-0.05, 0) is 61.0 Å². The molecule has 6 heteroatoms. The summed E-state index contributed by atoms with van der Waals surface area (Å²) in [5.74, 6) is -0.266. The summed E-state index contributed by atoms with van der Waals surface area (Å²) in [6, 6.07) is 14.7. The van der Waals surface area contributed by atoms with Crippen molar-refractivity contribution in [2.24, 2.45) is 0 Å². The molecule has 0 aliphatic heterocycles. The van der Waals surface area contributed by atoms with E-state index in [1.54, 1.807) is 24.3 Å².